The van der Waals surface area contributed by atoms with E-state index in [2.05, 4.69) is 13.8 Å². The van der Waals surface area contributed by atoms with Gasteiger partial charge >= 0.3 is 0 Å². The van der Waals surface area contributed by atoms with Gasteiger partial charge in [-0.3, -0.25) is 0 Å². The lowest BCUT2D eigenvalue weighted by atomic mass is 9.81. The quantitative estimate of drug-likeness (QED) is 0.798. The maximum absolute atomic E-state index is 10.4. The highest BCUT2D eigenvalue weighted by Gasteiger charge is 2.29. The van der Waals surface area contributed by atoms with Gasteiger partial charge in [-0.25, -0.2) is 0 Å². The molecule has 1 rings (SSSR count). The van der Waals surface area contributed by atoms with Crippen LogP contribution in [0.15, 0.2) is 24.3 Å². The molecule has 2 heteroatoms. The Morgan fingerprint density at radius 1 is 1.27 bits per heavy atom. The molecule has 0 saturated heterocycles. The van der Waals surface area contributed by atoms with Crippen LogP contribution in [0.1, 0.15) is 39.2 Å². The Bertz CT molecular complexity index is 301. The highest BCUT2D eigenvalue weighted by molar-refractivity contribution is 5.29. The molecule has 15 heavy (non-hydrogen) atoms. The maximum atomic E-state index is 10.4. The molecule has 0 spiro atoms. The molecule has 0 radical (unpaired) electrons. The number of hydrogen-bond donors (Lipinski definition) is 2. The molecule has 0 aromatic heterocycles. The van der Waals surface area contributed by atoms with Crippen molar-refractivity contribution in [2.24, 2.45) is 5.92 Å². The second-order valence-corrected chi connectivity index (χ2v) is 4.38. The zero-order valence-electron chi connectivity index (χ0n) is 9.70. The number of aromatic hydroxyl groups is 1. The number of phenolic OH excluding ortho intramolecular Hbond substituents is 1. The topological polar surface area (TPSA) is 40.5 Å². The van der Waals surface area contributed by atoms with Gasteiger partial charge in [0.05, 0.1) is 5.60 Å². The van der Waals surface area contributed by atoms with Crippen molar-refractivity contribution in [3.8, 4) is 5.75 Å². The fourth-order valence-corrected chi connectivity index (χ4v) is 1.80. The molecular formula is C13H20O2. The molecule has 1 aromatic carbocycles. The third-order valence-electron chi connectivity index (χ3n) is 3.13. The first-order valence-electron chi connectivity index (χ1n) is 5.50. The normalized spacial score (nSPS) is 17.1. The SMILES string of the molecule is CCCC(C)C(C)(O)c1ccc(O)cc1. The second-order valence-electron chi connectivity index (χ2n) is 4.38. The van der Waals surface area contributed by atoms with Crippen LogP contribution in [0, 0.1) is 5.92 Å². The van der Waals surface area contributed by atoms with Gasteiger partial charge < -0.3 is 10.2 Å². The van der Waals surface area contributed by atoms with Crippen molar-refractivity contribution in [1.29, 1.82) is 0 Å². The highest BCUT2D eigenvalue weighted by Crippen LogP contribution is 2.32. The third-order valence-corrected chi connectivity index (χ3v) is 3.13. The van der Waals surface area contributed by atoms with Crippen molar-refractivity contribution < 1.29 is 10.2 Å². The number of benzene rings is 1. The highest BCUT2D eigenvalue weighted by atomic mass is 16.3. The van der Waals surface area contributed by atoms with Crippen LogP contribution in [-0.4, -0.2) is 10.2 Å². The zero-order valence-corrected chi connectivity index (χ0v) is 9.70. The van der Waals surface area contributed by atoms with Gasteiger partial charge in [0.25, 0.3) is 0 Å². The molecule has 84 valence electrons. The molecule has 0 heterocycles. The Labute approximate surface area is 91.6 Å². The fraction of sp³-hybridized carbons (Fsp3) is 0.538. The first-order chi connectivity index (χ1) is 6.98. The van der Waals surface area contributed by atoms with Crippen LogP contribution in [0.4, 0.5) is 0 Å². The second kappa shape index (κ2) is 4.67. The van der Waals surface area contributed by atoms with E-state index in [1.807, 2.05) is 6.92 Å². The smallest absolute Gasteiger partial charge is 0.115 e. The number of hydrogen-bond acceptors (Lipinski definition) is 2. The zero-order chi connectivity index (χ0) is 11.5. The summed E-state index contributed by atoms with van der Waals surface area (Å²) in [7, 11) is 0. The average molecular weight is 208 g/mol. The molecule has 0 aliphatic heterocycles. The van der Waals surface area contributed by atoms with E-state index < -0.39 is 5.60 Å². The van der Waals surface area contributed by atoms with Crippen LogP contribution in [-0.2, 0) is 5.60 Å². The van der Waals surface area contributed by atoms with E-state index in [4.69, 9.17) is 0 Å². The molecule has 1 aromatic rings. The van der Waals surface area contributed by atoms with Crippen LogP contribution < -0.4 is 0 Å². The van der Waals surface area contributed by atoms with Crippen LogP contribution >= 0.6 is 0 Å². The first kappa shape index (κ1) is 12.1. The first-order valence-corrected chi connectivity index (χ1v) is 5.50. The monoisotopic (exact) mass is 208 g/mol. The summed E-state index contributed by atoms with van der Waals surface area (Å²) in [6.45, 7) is 6.00. The number of aliphatic hydroxyl groups is 1. The van der Waals surface area contributed by atoms with E-state index in [0.717, 1.165) is 18.4 Å². The van der Waals surface area contributed by atoms with Gasteiger partial charge in [0.1, 0.15) is 5.75 Å². The van der Waals surface area contributed by atoms with Crippen molar-refractivity contribution in [2.45, 2.75) is 39.2 Å². The minimum Gasteiger partial charge on any atom is -0.508 e. The number of phenols is 1. The molecule has 0 saturated carbocycles. The number of rotatable bonds is 4. The van der Waals surface area contributed by atoms with E-state index >= 15 is 0 Å². The van der Waals surface area contributed by atoms with Crippen LogP contribution in [0.25, 0.3) is 0 Å². The summed E-state index contributed by atoms with van der Waals surface area (Å²) >= 11 is 0. The van der Waals surface area contributed by atoms with E-state index in [-0.39, 0.29) is 11.7 Å². The predicted molar refractivity (Wildman–Crippen MR) is 61.7 cm³/mol. The maximum Gasteiger partial charge on any atom is 0.115 e. The van der Waals surface area contributed by atoms with Crippen molar-refractivity contribution in [3.63, 3.8) is 0 Å². The molecule has 0 amide bonds. The Kier molecular flexibility index (Phi) is 3.75. The summed E-state index contributed by atoms with van der Waals surface area (Å²) in [5.74, 6) is 0.449. The largest absolute Gasteiger partial charge is 0.508 e. The average Bonchev–Trinajstić information content (AvgIpc) is 2.18. The van der Waals surface area contributed by atoms with Crippen LogP contribution in [0.3, 0.4) is 0 Å². The minimum atomic E-state index is -0.816. The predicted octanol–water partition coefficient (Wildman–Crippen LogP) is 3.04. The molecular weight excluding hydrogens is 188 g/mol. The molecule has 2 nitrogen and oxygen atoms in total. The van der Waals surface area contributed by atoms with Gasteiger partial charge in [-0.15, -0.1) is 0 Å². The standard InChI is InChI=1S/C13H20O2/c1-4-5-10(2)13(3,15)11-6-8-12(14)9-7-11/h6-10,14-15H,4-5H2,1-3H3. The molecule has 0 fully saturated rings. The van der Waals surface area contributed by atoms with Gasteiger partial charge in [-0.05, 0) is 37.0 Å². The summed E-state index contributed by atoms with van der Waals surface area (Å²) in [5.41, 5.74) is 0.0465. The van der Waals surface area contributed by atoms with Gasteiger partial charge in [0.15, 0.2) is 0 Å². The Morgan fingerprint density at radius 2 is 1.80 bits per heavy atom. The van der Waals surface area contributed by atoms with Crippen LogP contribution in [0.5, 0.6) is 5.75 Å². The molecule has 0 bridgehead atoms. The molecule has 2 N–H and O–H groups in total. The van der Waals surface area contributed by atoms with E-state index in [1.165, 1.54) is 0 Å². The van der Waals surface area contributed by atoms with Crippen molar-refractivity contribution in [1.82, 2.24) is 0 Å². The molecule has 0 aliphatic carbocycles. The van der Waals surface area contributed by atoms with Crippen LogP contribution in [0.2, 0.25) is 0 Å². The van der Waals surface area contributed by atoms with Gasteiger partial charge in [-0.1, -0.05) is 32.4 Å². The summed E-state index contributed by atoms with van der Waals surface area (Å²) in [6.07, 6.45) is 2.06. The van der Waals surface area contributed by atoms with E-state index in [0.29, 0.717) is 0 Å². The summed E-state index contributed by atoms with van der Waals surface area (Å²) in [5, 5.41) is 19.6. The minimum absolute atomic E-state index is 0.215. The summed E-state index contributed by atoms with van der Waals surface area (Å²) < 4.78 is 0. The Hall–Kier alpha value is -1.02. The van der Waals surface area contributed by atoms with Gasteiger partial charge in [0.2, 0.25) is 0 Å². The van der Waals surface area contributed by atoms with Crippen molar-refractivity contribution in [2.75, 3.05) is 0 Å². The van der Waals surface area contributed by atoms with E-state index in [1.54, 1.807) is 24.3 Å². The van der Waals surface area contributed by atoms with Gasteiger partial charge in [-0.2, -0.15) is 0 Å². The van der Waals surface area contributed by atoms with E-state index in [9.17, 15) is 10.2 Å². The molecule has 2 unspecified atom stereocenters. The molecule has 2 atom stereocenters. The van der Waals surface area contributed by atoms with Crippen molar-refractivity contribution in [3.05, 3.63) is 29.8 Å². The lowest BCUT2D eigenvalue weighted by Crippen LogP contribution is -2.29. The Balaban J connectivity index is 2.89. The molecule has 0 aliphatic rings. The lowest BCUT2D eigenvalue weighted by molar-refractivity contribution is -0.00222. The summed E-state index contributed by atoms with van der Waals surface area (Å²) in [6, 6.07) is 6.79. The summed E-state index contributed by atoms with van der Waals surface area (Å²) in [4.78, 5) is 0. The van der Waals surface area contributed by atoms with Gasteiger partial charge in [0, 0.05) is 0 Å². The Morgan fingerprint density at radius 3 is 2.27 bits per heavy atom. The van der Waals surface area contributed by atoms with Crippen molar-refractivity contribution >= 4 is 0 Å². The third kappa shape index (κ3) is 2.72. The lowest BCUT2D eigenvalue weighted by Gasteiger charge is -2.30. The fourth-order valence-electron chi connectivity index (χ4n) is 1.80.